The largest absolute Gasteiger partial charge is 0.480 e. The van der Waals surface area contributed by atoms with Crippen LogP contribution in [0.1, 0.15) is 86.5 Å². The van der Waals surface area contributed by atoms with Gasteiger partial charge in [-0.3, -0.25) is 19.2 Å². The number of carboxylic acids is 3. The zero-order valence-electron chi connectivity index (χ0n) is 23.1. The summed E-state index contributed by atoms with van der Waals surface area (Å²) in [7, 11) is 0. The molecular formula is C25H44N4O9. The number of carbonyl (C=O) groups is 6. The lowest BCUT2D eigenvalue weighted by Gasteiger charge is -2.32. The fraction of sp³-hybridized carbons (Fsp3) is 0.760. The molecule has 8 N–H and O–H groups in total. The van der Waals surface area contributed by atoms with Crippen molar-refractivity contribution in [3.63, 3.8) is 0 Å². The van der Waals surface area contributed by atoms with Crippen LogP contribution in [0.15, 0.2) is 0 Å². The van der Waals surface area contributed by atoms with Crippen LogP contribution in [0.5, 0.6) is 0 Å². The summed E-state index contributed by atoms with van der Waals surface area (Å²) in [5.41, 5.74) is 5.07. The molecule has 38 heavy (non-hydrogen) atoms. The van der Waals surface area contributed by atoms with Gasteiger partial charge in [0, 0.05) is 12.8 Å². The van der Waals surface area contributed by atoms with Gasteiger partial charge in [-0.2, -0.15) is 0 Å². The summed E-state index contributed by atoms with van der Waals surface area (Å²) in [5.74, 6) is -5.78. The lowest BCUT2D eigenvalue weighted by Crippen LogP contribution is -2.51. The van der Waals surface area contributed by atoms with Crippen molar-refractivity contribution in [2.75, 3.05) is 0 Å². The number of nitrogens with two attached hydrogens (primary N) is 1. The smallest absolute Gasteiger partial charge is 0.326 e. The number of carbonyl (C=O) groups excluding carboxylic acids is 3. The molecule has 3 amide bonds. The van der Waals surface area contributed by atoms with Gasteiger partial charge in [-0.1, -0.05) is 34.6 Å². The highest BCUT2D eigenvalue weighted by Gasteiger charge is 2.30. The van der Waals surface area contributed by atoms with Crippen LogP contribution >= 0.6 is 0 Å². The molecule has 0 aliphatic carbocycles. The number of carboxylic acid groups (broad SMARTS) is 3. The second-order valence-electron chi connectivity index (χ2n) is 11.6. The van der Waals surface area contributed by atoms with Gasteiger partial charge < -0.3 is 37.0 Å². The van der Waals surface area contributed by atoms with Crippen LogP contribution in [0.4, 0.5) is 0 Å². The molecule has 0 aromatic rings. The molecule has 0 aromatic carbocycles. The molecule has 0 radical (unpaired) electrons. The maximum Gasteiger partial charge on any atom is 0.326 e. The molecule has 0 saturated carbocycles. The Kier molecular flexibility index (Phi) is 14.0. The van der Waals surface area contributed by atoms with Crippen molar-refractivity contribution in [2.24, 2.45) is 16.6 Å². The Hall–Kier alpha value is -3.22. The summed E-state index contributed by atoms with van der Waals surface area (Å²) in [6.07, 6.45) is 0.332. The number of rotatable bonds is 17. The second-order valence-corrected chi connectivity index (χ2v) is 11.6. The van der Waals surface area contributed by atoms with E-state index < -0.39 is 60.3 Å². The lowest BCUT2D eigenvalue weighted by atomic mass is 9.74. The van der Waals surface area contributed by atoms with E-state index in [-0.39, 0.29) is 48.8 Å². The van der Waals surface area contributed by atoms with E-state index in [1.165, 1.54) is 6.92 Å². The Balaban J connectivity index is 4.84. The Morgan fingerprint density at radius 2 is 1.26 bits per heavy atom. The SMILES string of the molecule is CC(NC(=O)CC(C)(C)CC(C)(C)C)C(=O)NC(CCC(=O)NC(CCCC(N)C(=O)O)C(=O)O)C(=O)O. The van der Waals surface area contributed by atoms with Gasteiger partial charge in [-0.05, 0) is 49.9 Å². The number of aliphatic carboxylic acids is 3. The van der Waals surface area contributed by atoms with Crippen LogP contribution < -0.4 is 21.7 Å². The summed E-state index contributed by atoms with van der Waals surface area (Å²) in [4.78, 5) is 71.0. The minimum Gasteiger partial charge on any atom is -0.480 e. The van der Waals surface area contributed by atoms with E-state index in [0.29, 0.717) is 0 Å². The maximum absolute atomic E-state index is 12.5. The first-order valence-corrected chi connectivity index (χ1v) is 12.6. The molecule has 13 heteroatoms. The van der Waals surface area contributed by atoms with Crippen LogP contribution in [0.3, 0.4) is 0 Å². The van der Waals surface area contributed by atoms with Gasteiger partial charge in [0.15, 0.2) is 0 Å². The fourth-order valence-electron chi connectivity index (χ4n) is 4.31. The van der Waals surface area contributed by atoms with Gasteiger partial charge in [0.05, 0.1) is 0 Å². The van der Waals surface area contributed by atoms with E-state index in [4.69, 9.17) is 10.8 Å². The number of nitrogens with one attached hydrogen (secondary N) is 3. The molecule has 0 saturated heterocycles. The zero-order chi connectivity index (χ0) is 29.8. The molecule has 0 aromatic heterocycles. The van der Waals surface area contributed by atoms with E-state index in [0.717, 1.165) is 6.42 Å². The lowest BCUT2D eigenvalue weighted by molar-refractivity contribution is -0.143. The van der Waals surface area contributed by atoms with Crippen molar-refractivity contribution in [3.8, 4) is 0 Å². The molecule has 0 rings (SSSR count). The highest BCUT2D eigenvalue weighted by molar-refractivity contribution is 5.90. The van der Waals surface area contributed by atoms with Gasteiger partial charge in [-0.15, -0.1) is 0 Å². The summed E-state index contributed by atoms with van der Waals surface area (Å²) in [6.45, 7) is 11.5. The Labute approximate surface area is 223 Å². The van der Waals surface area contributed by atoms with Gasteiger partial charge in [0.25, 0.3) is 0 Å². The number of hydrogen-bond acceptors (Lipinski definition) is 7. The highest BCUT2D eigenvalue weighted by Crippen LogP contribution is 2.35. The fourth-order valence-corrected chi connectivity index (χ4v) is 4.31. The first-order chi connectivity index (χ1) is 17.2. The quantitative estimate of drug-likeness (QED) is 0.136. The molecule has 0 fully saturated rings. The molecule has 0 aliphatic rings. The highest BCUT2D eigenvalue weighted by atomic mass is 16.4. The zero-order valence-corrected chi connectivity index (χ0v) is 23.1. The summed E-state index contributed by atoms with van der Waals surface area (Å²) in [5, 5.41) is 34.7. The molecular weight excluding hydrogens is 500 g/mol. The Morgan fingerprint density at radius 1 is 0.737 bits per heavy atom. The van der Waals surface area contributed by atoms with E-state index in [1.54, 1.807) is 0 Å². The average Bonchev–Trinajstić information content (AvgIpc) is 2.72. The minimum absolute atomic E-state index is 0.00609. The third-order valence-electron chi connectivity index (χ3n) is 5.65. The van der Waals surface area contributed by atoms with Crippen LogP contribution in [0.25, 0.3) is 0 Å². The van der Waals surface area contributed by atoms with Crippen molar-refractivity contribution in [2.45, 2.75) is 111 Å². The minimum atomic E-state index is -1.44. The Morgan fingerprint density at radius 3 is 1.74 bits per heavy atom. The standard InChI is InChI=1S/C25H44N4O9/c1-14(27-19(31)12-25(5,6)13-24(2,3)4)20(32)29-17(23(37)38)10-11-18(30)28-16(22(35)36)9-7-8-15(26)21(33)34/h14-17H,7-13,26H2,1-6H3,(H,27,31)(H,28,30)(H,29,32)(H,33,34)(H,35,36)(H,37,38). The third-order valence-corrected chi connectivity index (χ3v) is 5.65. The summed E-state index contributed by atoms with van der Waals surface area (Å²) < 4.78 is 0. The van der Waals surface area contributed by atoms with E-state index >= 15 is 0 Å². The van der Waals surface area contributed by atoms with Crippen LogP contribution in [-0.2, 0) is 28.8 Å². The second kappa shape index (κ2) is 15.3. The van der Waals surface area contributed by atoms with Gasteiger partial charge >= 0.3 is 17.9 Å². The number of amides is 3. The van der Waals surface area contributed by atoms with E-state index in [9.17, 15) is 39.0 Å². The Bertz CT molecular complexity index is 867. The molecule has 4 atom stereocenters. The van der Waals surface area contributed by atoms with E-state index in [1.807, 2.05) is 13.8 Å². The van der Waals surface area contributed by atoms with Gasteiger partial charge in [0.1, 0.15) is 24.2 Å². The third kappa shape index (κ3) is 15.1. The first kappa shape index (κ1) is 34.8. The monoisotopic (exact) mass is 544 g/mol. The molecule has 218 valence electrons. The predicted octanol–water partition coefficient (Wildman–Crippen LogP) is 0.845. The average molecular weight is 545 g/mol. The summed E-state index contributed by atoms with van der Waals surface area (Å²) >= 11 is 0. The van der Waals surface area contributed by atoms with Crippen molar-refractivity contribution < 1.29 is 44.1 Å². The van der Waals surface area contributed by atoms with Gasteiger partial charge in [0.2, 0.25) is 17.7 Å². The van der Waals surface area contributed by atoms with Crippen LogP contribution in [-0.4, -0.2) is 75.1 Å². The van der Waals surface area contributed by atoms with Gasteiger partial charge in [-0.25, -0.2) is 9.59 Å². The normalized spacial score (nSPS) is 14.9. The van der Waals surface area contributed by atoms with Crippen molar-refractivity contribution >= 4 is 35.6 Å². The maximum atomic E-state index is 12.5. The van der Waals surface area contributed by atoms with E-state index in [2.05, 4.69) is 36.7 Å². The van der Waals surface area contributed by atoms with Crippen molar-refractivity contribution in [1.82, 2.24) is 16.0 Å². The number of hydrogen-bond donors (Lipinski definition) is 7. The summed E-state index contributed by atoms with van der Waals surface area (Å²) in [6, 6.07) is -4.92. The van der Waals surface area contributed by atoms with Crippen LogP contribution in [0.2, 0.25) is 0 Å². The molecule has 0 aliphatic heterocycles. The first-order valence-electron chi connectivity index (χ1n) is 12.6. The topological polar surface area (TPSA) is 225 Å². The molecule has 4 unspecified atom stereocenters. The molecule has 0 spiro atoms. The van der Waals surface area contributed by atoms with Crippen LogP contribution in [0, 0.1) is 10.8 Å². The predicted molar refractivity (Wildman–Crippen MR) is 138 cm³/mol. The van der Waals surface area contributed by atoms with Crippen molar-refractivity contribution in [3.05, 3.63) is 0 Å². The molecule has 13 nitrogen and oxygen atoms in total. The molecule has 0 bridgehead atoms. The molecule has 0 heterocycles. The van der Waals surface area contributed by atoms with Crippen molar-refractivity contribution in [1.29, 1.82) is 0 Å².